The Balaban J connectivity index is 1.75. The molecule has 0 spiro atoms. The largest absolute Gasteiger partial charge is 0.451 e. The highest BCUT2D eigenvalue weighted by atomic mass is 32.2. The lowest BCUT2D eigenvalue weighted by Crippen LogP contribution is -2.23. The summed E-state index contributed by atoms with van der Waals surface area (Å²) in [5, 5.41) is 0. The molecule has 1 saturated heterocycles. The van der Waals surface area contributed by atoms with Crippen molar-refractivity contribution in [3.05, 3.63) is 0 Å². The Morgan fingerprint density at radius 3 is 2.50 bits per heavy atom. The molecule has 1 atom stereocenters. The van der Waals surface area contributed by atoms with Gasteiger partial charge in [0.05, 0.1) is 5.92 Å². The molecule has 2 aliphatic rings. The number of carbonyl (C=O) groups excluding carboxylic acids is 1. The van der Waals surface area contributed by atoms with E-state index in [4.69, 9.17) is 4.74 Å². The van der Waals surface area contributed by atoms with Crippen LogP contribution in [0.5, 0.6) is 0 Å². The van der Waals surface area contributed by atoms with Gasteiger partial charge in [0.1, 0.15) is 5.44 Å². The first-order valence-electron chi connectivity index (χ1n) is 5.68. The van der Waals surface area contributed by atoms with Crippen molar-refractivity contribution < 1.29 is 9.53 Å². The lowest BCUT2D eigenvalue weighted by molar-refractivity contribution is -0.151. The van der Waals surface area contributed by atoms with Crippen LogP contribution in [0.2, 0.25) is 0 Å². The molecule has 0 aromatic carbocycles. The van der Waals surface area contributed by atoms with Crippen LogP contribution in [-0.2, 0) is 9.53 Å². The zero-order chi connectivity index (χ0) is 9.80. The van der Waals surface area contributed by atoms with Crippen LogP contribution in [0, 0.1) is 5.92 Å². The summed E-state index contributed by atoms with van der Waals surface area (Å²) in [6, 6.07) is 0. The van der Waals surface area contributed by atoms with E-state index < -0.39 is 0 Å². The van der Waals surface area contributed by atoms with Crippen LogP contribution in [0.3, 0.4) is 0 Å². The number of hydrogen-bond donors (Lipinski definition) is 0. The fraction of sp³-hybridized carbons (Fsp3) is 0.909. The average Bonchev–Trinajstić information content (AvgIpc) is 2.72. The maximum Gasteiger partial charge on any atom is 0.310 e. The van der Waals surface area contributed by atoms with E-state index in [1.807, 2.05) is 0 Å². The van der Waals surface area contributed by atoms with E-state index in [-0.39, 0.29) is 17.3 Å². The molecule has 2 rings (SSSR count). The second-order valence-electron chi connectivity index (χ2n) is 4.21. The molecule has 0 amide bonds. The zero-order valence-electron chi connectivity index (χ0n) is 8.54. The van der Waals surface area contributed by atoms with Crippen molar-refractivity contribution in [1.82, 2.24) is 0 Å². The average molecular weight is 214 g/mol. The summed E-state index contributed by atoms with van der Waals surface area (Å²) in [4.78, 5) is 11.7. The van der Waals surface area contributed by atoms with Crippen LogP contribution >= 0.6 is 11.8 Å². The molecular formula is C11H18O2S. The molecule has 0 radical (unpaired) electrons. The number of carbonyl (C=O) groups is 1. The van der Waals surface area contributed by atoms with Crippen molar-refractivity contribution in [2.75, 3.05) is 5.75 Å². The predicted molar refractivity (Wildman–Crippen MR) is 58.1 cm³/mol. The summed E-state index contributed by atoms with van der Waals surface area (Å²) in [6.45, 7) is 0. The third kappa shape index (κ3) is 2.66. The zero-order valence-corrected chi connectivity index (χ0v) is 9.35. The van der Waals surface area contributed by atoms with Gasteiger partial charge in [0, 0.05) is 0 Å². The van der Waals surface area contributed by atoms with E-state index in [1.165, 1.54) is 25.7 Å². The van der Waals surface area contributed by atoms with Crippen molar-refractivity contribution in [3.8, 4) is 0 Å². The molecule has 1 heterocycles. The molecule has 1 unspecified atom stereocenters. The van der Waals surface area contributed by atoms with Gasteiger partial charge in [-0.25, -0.2) is 0 Å². The topological polar surface area (TPSA) is 26.3 Å². The summed E-state index contributed by atoms with van der Waals surface area (Å²) in [6.07, 6.45) is 8.07. The van der Waals surface area contributed by atoms with E-state index in [2.05, 4.69) is 0 Å². The van der Waals surface area contributed by atoms with E-state index >= 15 is 0 Å². The van der Waals surface area contributed by atoms with Crippen LogP contribution < -0.4 is 0 Å². The van der Waals surface area contributed by atoms with Gasteiger partial charge < -0.3 is 4.74 Å². The van der Waals surface area contributed by atoms with Gasteiger partial charge in [0.25, 0.3) is 0 Å². The summed E-state index contributed by atoms with van der Waals surface area (Å²) >= 11 is 1.79. The Labute approximate surface area is 89.8 Å². The molecule has 3 heteroatoms. The number of hydrogen-bond acceptors (Lipinski definition) is 3. The molecule has 2 nitrogen and oxygen atoms in total. The third-order valence-electron chi connectivity index (χ3n) is 3.07. The van der Waals surface area contributed by atoms with Gasteiger partial charge in [-0.2, -0.15) is 0 Å². The fourth-order valence-corrected chi connectivity index (χ4v) is 3.30. The van der Waals surface area contributed by atoms with Gasteiger partial charge in [0.2, 0.25) is 0 Å². The summed E-state index contributed by atoms with van der Waals surface area (Å²) in [7, 11) is 0. The second kappa shape index (κ2) is 5.06. The van der Waals surface area contributed by atoms with Gasteiger partial charge in [-0.15, -0.1) is 11.8 Å². The number of esters is 1. The Morgan fingerprint density at radius 1 is 1.07 bits per heavy atom. The minimum atomic E-state index is 0.0732. The standard InChI is InChI=1S/C11H18O2S/c12-11(9-5-2-1-3-6-9)13-10-7-4-8-14-10/h9-10H,1-8H2. The number of ether oxygens (including phenoxy) is 1. The summed E-state index contributed by atoms with van der Waals surface area (Å²) in [5.74, 6) is 1.44. The lowest BCUT2D eigenvalue weighted by Gasteiger charge is -2.21. The normalized spacial score (nSPS) is 29.0. The van der Waals surface area contributed by atoms with Crippen molar-refractivity contribution in [2.45, 2.75) is 50.4 Å². The Morgan fingerprint density at radius 2 is 1.86 bits per heavy atom. The first-order chi connectivity index (χ1) is 6.86. The smallest absolute Gasteiger partial charge is 0.310 e. The van der Waals surface area contributed by atoms with E-state index in [0.717, 1.165) is 25.0 Å². The SMILES string of the molecule is O=C(OC1CCCS1)C1CCCCC1. The number of rotatable bonds is 2. The van der Waals surface area contributed by atoms with Crippen molar-refractivity contribution >= 4 is 17.7 Å². The van der Waals surface area contributed by atoms with E-state index in [1.54, 1.807) is 11.8 Å². The fourth-order valence-electron chi connectivity index (χ4n) is 2.21. The van der Waals surface area contributed by atoms with Crippen LogP contribution in [0.25, 0.3) is 0 Å². The van der Waals surface area contributed by atoms with Crippen LogP contribution in [-0.4, -0.2) is 17.2 Å². The van der Waals surface area contributed by atoms with Crippen LogP contribution in [0.1, 0.15) is 44.9 Å². The van der Waals surface area contributed by atoms with Crippen molar-refractivity contribution in [2.24, 2.45) is 5.92 Å². The highest BCUT2D eigenvalue weighted by Gasteiger charge is 2.26. The maximum atomic E-state index is 11.7. The van der Waals surface area contributed by atoms with Crippen molar-refractivity contribution in [3.63, 3.8) is 0 Å². The minimum Gasteiger partial charge on any atom is -0.451 e. The molecule has 2 fully saturated rings. The molecule has 1 aliphatic carbocycles. The van der Waals surface area contributed by atoms with Gasteiger partial charge in [-0.3, -0.25) is 4.79 Å². The minimum absolute atomic E-state index is 0.0732. The monoisotopic (exact) mass is 214 g/mol. The van der Waals surface area contributed by atoms with Crippen molar-refractivity contribution in [1.29, 1.82) is 0 Å². The molecule has 0 bridgehead atoms. The van der Waals surface area contributed by atoms with Gasteiger partial charge in [-0.1, -0.05) is 19.3 Å². The Kier molecular flexibility index (Phi) is 3.74. The lowest BCUT2D eigenvalue weighted by atomic mass is 9.89. The molecular weight excluding hydrogens is 196 g/mol. The molecule has 0 N–H and O–H groups in total. The molecule has 14 heavy (non-hydrogen) atoms. The quantitative estimate of drug-likeness (QED) is 0.661. The summed E-state index contributed by atoms with van der Waals surface area (Å²) in [5.41, 5.74) is 0.171. The number of thioether (sulfide) groups is 1. The predicted octanol–water partition coefficient (Wildman–Crippen LogP) is 2.96. The van der Waals surface area contributed by atoms with Crippen LogP contribution in [0.15, 0.2) is 0 Å². The molecule has 80 valence electrons. The maximum absolute atomic E-state index is 11.7. The van der Waals surface area contributed by atoms with Gasteiger partial charge >= 0.3 is 5.97 Å². The van der Waals surface area contributed by atoms with Crippen LogP contribution in [0.4, 0.5) is 0 Å². The first kappa shape index (κ1) is 10.3. The Bertz CT molecular complexity index is 193. The van der Waals surface area contributed by atoms with E-state index in [0.29, 0.717) is 0 Å². The van der Waals surface area contributed by atoms with Gasteiger partial charge in [0.15, 0.2) is 0 Å². The molecule has 0 aromatic rings. The second-order valence-corrected chi connectivity index (χ2v) is 5.48. The Hall–Kier alpha value is -0.180. The van der Waals surface area contributed by atoms with Gasteiger partial charge in [-0.05, 0) is 31.4 Å². The molecule has 1 aliphatic heterocycles. The van der Waals surface area contributed by atoms with E-state index in [9.17, 15) is 4.79 Å². The third-order valence-corrected chi connectivity index (χ3v) is 4.30. The molecule has 0 aromatic heterocycles. The molecule has 1 saturated carbocycles. The highest BCUT2D eigenvalue weighted by molar-refractivity contribution is 8.00. The first-order valence-corrected chi connectivity index (χ1v) is 6.73. The summed E-state index contributed by atoms with van der Waals surface area (Å²) < 4.78 is 5.47. The highest BCUT2D eigenvalue weighted by Crippen LogP contribution is 2.30.